The van der Waals surface area contributed by atoms with Gasteiger partial charge in [0, 0.05) is 13.6 Å². The molecule has 1 aromatic rings. The number of nitrogens with zero attached hydrogens (tertiary/aromatic N) is 3. The molecule has 0 N–H and O–H groups in total. The number of esters is 1. The Morgan fingerprint density at radius 1 is 1.38 bits per heavy atom. The Morgan fingerprint density at radius 2 is 2.04 bits per heavy atom. The first kappa shape index (κ1) is 18.3. The molecule has 1 fully saturated rings. The molecule has 0 bridgehead atoms. The van der Waals surface area contributed by atoms with Crippen molar-refractivity contribution in [1.29, 1.82) is 0 Å². The van der Waals surface area contributed by atoms with Crippen LogP contribution in [0.2, 0.25) is 0 Å². The largest absolute Gasteiger partial charge is 0.449 e. The number of halogens is 3. The normalized spacial score (nSPS) is 21.7. The molecule has 2 atom stereocenters. The molecule has 1 aliphatic heterocycles. The van der Waals surface area contributed by atoms with Gasteiger partial charge < -0.3 is 9.64 Å². The van der Waals surface area contributed by atoms with Gasteiger partial charge >= 0.3 is 18.1 Å². The van der Waals surface area contributed by atoms with Gasteiger partial charge in [0.2, 0.25) is 0 Å². The monoisotopic (exact) mass is 347 g/mol. The maximum Gasteiger partial charge on any atom is 0.422 e. The summed E-state index contributed by atoms with van der Waals surface area (Å²) < 4.78 is 42.2. The van der Waals surface area contributed by atoms with Gasteiger partial charge in [-0.25, -0.2) is 4.79 Å². The predicted molar refractivity (Wildman–Crippen MR) is 77.8 cm³/mol. The predicted octanol–water partition coefficient (Wildman–Crippen LogP) is 2.13. The van der Waals surface area contributed by atoms with Gasteiger partial charge in [0.15, 0.2) is 6.61 Å². The number of carbonyl (C=O) groups is 2. The molecule has 1 amide bonds. The first-order valence-corrected chi connectivity index (χ1v) is 7.63. The maximum absolute atomic E-state index is 12.3. The Hall–Kier alpha value is -2.06. The lowest BCUT2D eigenvalue weighted by Crippen LogP contribution is -2.46. The van der Waals surface area contributed by atoms with Gasteiger partial charge in [0.05, 0.1) is 17.4 Å². The highest BCUT2D eigenvalue weighted by molar-refractivity contribution is 6.32. The number of hydrogen-bond acceptors (Lipinski definition) is 4. The Morgan fingerprint density at radius 3 is 2.58 bits per heavy atom. The number of carbonyl (C=O) groups excluding carboxylic acids is 2. The van der Waals surface area contributed by atoms with Gasteiger partial charge in [-0.1, -0.05) is 6.92 Å². The summed E-state index contributed by atoms with van der Waals surface area (Å²) in [5.74, 6) is -2.38. The fourth-order valence-electron chi connectivity index (χ4n) is 2.95. The fourth-order valence-corrected chi connectivity index (χ4v) is 2.95. The van der Waals surface area contributed by atoms with Crippen LogP contribution in [0.1, 0.15) is 37.2 Å². The van der Waals surface area contributed by atoms with Crippen LogP contribution < -0.4 is 0 Å². The third kappa shape index (κ3) is 4.27. The lowest BCUT2D eigenvalue weighted by atomic mass is 9.92. The third-order valence-corrected chi connectivity index (χ3v) is 4.00. The Kier molecular flexibility index (Phi) is 5.19. The number of aryl methyl sites for hydroxylation is 2. The van der Waals surface area contributed by atoms with Gasteiger partial charge in [0.1, 0.15) is 0 Å². The second-order valence-electron chi connectivity index (χ2n) is 6.18. The summed E-state index contributed by atoms with van der Waals surface area (Å²) >= 11 is 0. The minimum atomic E-state index is -4.66. The van der Waals surface area contributed by atoms with Crippen molar-refractivity contribution in [2.24, 2.45) is 13.0 Å². The van der Waals surface area contributed by atoms with Crippen molar-refractivity contribution in [1.82, 2.24) is 14.7 Å². The zero-order valence-electron chi connectivity index (χ0n) is 13.8. The van der Waals surface area contributed by atoms with Gasteiger partial charge in [-0.2, -0.15) is 18.3 Å². The molecule has 1 saturated heterocycles. The van der Waals surface area contributed by atoms with Crippen molar-refractivity contribution in [3.8, 4) is 0 Å². The van der Waals surface area contributed by atoms with E-state index in [2.05, 4.69) is 9.84 Å². The van der Waals surface area contributed by atoms with Gasteiger partial charge in [-0.15, -0.1) is 0 Å². The molecule has 134 valence electrons. The number of alkyl halides is 3. The minimum Gasteiger partial charge on any atom is -0.449 e. The van der Waals surface area contributed by atoms with E-state index in [-0.39, 0.29) is 12.5 Å². The standard InChI is InChI=1S/C15H20F3N3O3/c1-9-4-5-11(12-6-10(2)19-20(12)3)21(7-9)13(22)14(23)24-8-15(16,17)18/h6,9,11H,4-5,7-8H2,1-3H3. The number of aromatic nitrogens is 2. The van der Waals surface area contributed by atoms with Crippen LogP contribution in [0.3, 0.4) is 0 Å². The fraction of sp³-hybridized carbons (Fsp3) is 0.667. The van der Waals surface area contributed by atoms with E-state index in [0.717, 1.165) is 17.8 Å². The van der Waals surface area contributed by atoms with Crippen LogP contribution in [0, 0.1) is 12.8 Å². The average Bonchev–Trinajstić information content (AvgIpc) is 2.81. The number of piperidine rings is 1. The summed E-state index contributed by atoms with van der Waals surface area (Å²) in [6.45, 7) is 2.25. The minimum absolute atomic E-state index is 0.148. The summed E-state index contributed by atoms with van der Waals surface area (Å²) in [4.78, 5) is 25.3. The molecule has 2 unspecified atom stereocenters. The number of amides is 1. The molecular formula is C15H20F3N3O3. The molecule has 24 heavy (non-hydrogen) atoms. The lowest BCUT2D eigenvalue weighted by molar-refractivity contribution is -0.190. The summed E-state index contributed by atoms with van der Waals surface area (Å²) in [6, 6.07) is 1.40. The summed E-state index contributed by atoms with van der Waals surface area (Å²) in [5.41, 5.74) is 1.51. The van der Waals surface area contributed by atoms with E-state index in [1.807, 2.05) is 13.0 Å². The lowest BCUT2D eigenvalue weighted by Gasteiger charge is -2.38. The molecule has 0 aromatic carbocycles. The molecular weight excluding hydrogens is 327 g/mol. The van der Waals surface area contributed by atoms with Crippen molar-refractivity contribution >= 4 is 11.9 Å². The molecule has 1 aliphatic rings. The van der Waals surface area contributed by atoms with E-state index in [9.17, 15) is 22.8 Å². The molecule has 1 aromatic heterocycles. The van der Waals surface area contributed by atoms with Crippen LogP contribution in [-0.4, -0.2) is 45.9 Å². The maximum atomic E-state index is 12.3. The van der Waals surface area contributed by atoms with E-state index in [4.69, 9.17) is 0 Å². The first-order chi connectivity index (χ1) is 11.1. The van der Waals surface area contributed by atoms with Crippen molar-refractivity contribution in [2.75, 3.05) is 13.2 Å². The number of rotatable bonds is 2. The topological polar surface area (TPSA) is 64.4 Å². The van der Waals surface area contributed by atoms with Crippen molar-refractivity contribution in [3.63, 3.8) is 0 Å². The van der Waals surface area contributed by atoms with E-state index >= 15 is 0 Å². The summed E-state index contributed by atoms with van der Waals surface area (Å²) in [7, 11) is 1.73. The number of hydrogen-bond donors (Lipinski definition) is 0. The summed E-state index contributed by atoms with van der Waals surface area (Å²) in [5, 5.41) is 4.23. The van der Waals surface area contributed by atoms with Crippen LogP contribution in [0.5, 0.6) is 0 Å². The zero-order chi connectivity index (χ0) is 18.1. The molecule has 2 heterocycles. The van der Waals surface area contributed by atoms with Crippen LogP contribution in [0.4, 0.5) is 13.2 Å². The molecule has 2 rings (SSSR count). The van der Waals surface area contributed by atoms with Crippen LogP contribution in [-0.2, 0) is 21.4 Å². The number of likely N-dealkylation sites (tertiary alicyclic amines) is 1. The Balaban J connectivity index is 2.18. The van der Waals surface area contributed by atoms with E-state index < -0.39 is 30.7 Å². The van der Waals surface area contributed by atoms with Crippen molar-refractivity contribution in [3.05, 3.63) is 17.5 Å². The van der Waals surface area contributed by atoms with Crippen molar-refractivity contribution in [2.45, 2.75) is 38.9 Å². The van der Waals surface area contributed by atoms with E-state index in [0.29, 0.717) is 6.42 Å². The van der Waals surface area contributed by atoms with Crippen molar-refractivity contribution < 1.29 is 27.5 Å². The van der Waals surface area contributed by atoms with E-state index in [1.54, 1.807) is 18.7 Å². The quantitative estimate of drug-likeness (QED) is 0.607. The average molecular weight is 347 g/mol. The first-order valence-electron chi connectivity index (χ1n) is 7.63. The van der Waals surface area contributed by atoms with Crippen LogP contribution >= 0.6 is 0 Å². The highest BCUT2D eigenvalue weighted by Crippen LogP contribution is 2.33. The second-order valence-corrected chi connectivity index (χ2v) is 6.18. The van der Waals surface area contributed by atoms with E-state index in [1.165, 1.54) is 4.90 Å². The highest BCUT2D eigenvalue weighted by Gasteiger charge is 2.38. The molecule has 0 aliphatic carbocycles. The van der Waals surface area contributed by atoms with Gasteiger partial charge in [-0.05, 0) is 31.7 Å². The molecule has 0 saturated carbocycles. The number of ether oxygens (including phenoxy) is 1. The Bertz CT molecular complexity index is 627. The summed E-state index contributed by atoms with van der Waals surface area (Å²) in [6.07, 6.45) is -3.21. The molecule has 0 radical (unpaired) electrons. The molecule has 0 spiro atoms. The zero-order valence-corrected chi connectivity index (χ0v) is 13.8. The highest BCUT2D eigenvalue weighted by atomic mass is 19.4. The second kappa shape index (κ2) is 6.82. The van der Waals surface area contributed by atoms with Crippen LogP contribution in [0.25, 0.3) is 0 Å². The SMILES string of the molecule is Cc1cc(C2CCC(C)CN2C(=O)C(=O)OCC(F)(F)F)n(C)n1. The van der Waals surface area contributed by atoms with Gasteiger partial charge in [0.25, 0.3) is 0 Å². The Labute approximate surface area is 137 Å². The molecule has 9 heteroatoms. The van der Waals surface area contributed by atoms with Crippen LogP contribution in [0.15, 0.2) is 6.07 Å². The van der Waals surface area contributed by atoms with Gasteiger partial charge in [-0.3, -0.25) is 9.48 Å². The molecule has 6 nitrogen and oxygen atoms in total. The smallest absolute Gasteiger partial charge is 0.422 e. The third-order valence-electron chi connectivity index (χ3n) is 4.00.